The number of amides is 2. The second-order valence-electron chi connectivity index (χ2n) is 4.58. The molecule has 0 bridgehead atoms. The second kappa shape index (κ2) is 4.25. The predicted molar refractivity (Wildman–Crippen MR) is 63.1 cm³/mol. The zero-order chi connectivity index (χ0) is 11.8. The van der Waals surface area contributed by atoms with Crippen molar-refractivity contribution in [2.75, 3.05) is 24.7 Å². The van der Waals surface area contributed by atoms with Crippen molar-refractivity contribution in [2.24, 2.45) is 0 Å². The number of hydrogen-bond acceptors (Lipinski definition) is 4. The van der Waals surface area contributed by atoms with E-state index in [1.165, 1.54) is 0 Å². The summed E-state index contributed by atoms with van der Waals surface area (Å²) in [7, 11) is 0. The minimum Gasteiger partial charge on any atom is -0.352 e. The maximum absolute atomic E-state index is 12.2. The van der Waals surface area contributed by atoms with E-state index in [1.807, 2.05) is 0 Å². The Hall–Kier alpha value is -0.750. The van der Waals surface area contributed by atoms with Gasteiger partial charge in [0.2, 0.25) is 11.8 Å². The molecule has 0 spiro atoms. The molecule has 2 amide bonds. The highest BCUT2D eigenvalue weighted by Gasteiger charge is 2.42. The number of carbonyl (C=O) groups excluding carboxylic acids is 2. The van der Waals surface area contributed by atoms with Crippen LogP contribution < -0.4 is 10.6 Å². The topological polar surface area (TPSA) is 61.4 Å². The van der Waals surface area contributed by atoms with Crippen LogP contribution in [0.5, 0.6) is 0 Å². The van der Waals surface area contributed by atoms with Crippen LogP contribution in [0, 0.1) is 0 Å². The number of piperazine rings is 1. The van der Waals surface area contributed by atoms with Crippen molar-refractivity contribution in [3.8, 4) is 0 Å². The molecule has 2 heterocycles. The third kappa shape index (κ3) is 1.91. The number of nitrogens with one attached hydrogen (secondary N) is 2. The van der Waals surface area contributed by atoms with Crippen LogP contribution in [0.4, 0.5) is 0 Å². The smallest absolute Gasteiger partial charge is 0.245 e. The van der Waals surface area contributed by atoms with Gasteiger partial charge in [0.15, 0.2) is 0 Å². The highest BCUT2D eigenvalue weighted by atomic mass is 32.2. The van der Waals surface area contributed by atoms with Crippen LogP contribution in [0.3, 0.4) is 0 Å². The van der Waals surface area contributed by atoms with E-state index in [1.54, 1.807) is 30.5 Å². The molecular weight excluding hydrogens is 226 g/mol. The number of thioether (sulfide) groups is 1. The van der Waals surface area contributed by atoms with Crippen molar-refractivity contribution in [1.82, 2.24) is 15.5 Å². The third-order valence-corrected chi connectivity index (χ3v) is 4.07. The Kier molecular flexibility index (Phi) is 3.12. The van der Waals surface area contributed by atoms with Gasteiger partial charge >= 0.3 is 0 Å². The lowest BCUT2D eigenvalue weighted by molar-refractivity contribution is -0.150. The average molecular weight is 243 g/mol. The van der Waals surface area contributed by atoms with Crippen molar-refractivity contribution < 1.29 is 9.59 Å². The Labute approximate surface area is 99.3 Å². The van der Waals surface area contributed by atoms with Gasteiger partial charge in [0.25, 0.3) is 0 Å². The summed E-state index contributed by atoms with van der Waals surface area (Å²) in [6, 6.07) is -0.129. The summed E-state index contributed by atoms with van der Waals surface area (Å²) in [4.78, 5) is 25.6. The Morgan fingerprint density at radius 1 is 1.56 bits per heavy atom. The van der Waals surface area contributed by atoms with E-state index in [9.17, 15) is 9.59 Å². The van der Waals surface area contributed by atoms with Crippen molar-refractivity contribution in [3.05, 3.63) is 0 Å². The molecule has 1 atom stereocenters. The molecule has 0 saturated carbocycles. The van der Waals surface area contributed by atoms with E-state index in [0.717, 1.165) is 11.6 Å². The fourth-order valence-corrected chi connectivity index (χ4v) is 2.96. The fourth-order valence-electron chi connectivity index (χ4n) is 2.03. The fraction of sp³-hybridized carbons (Fsp3) is 0.800. The molecule has 2 fully saturated rings. The quantitative estimate of drug-likeness (QED) is 0.645. The van der Waals surface area contributed by atoms with Gasteiger partial charge < -0.3 is 10.2 Å². The molecule has 0 aromatic carbocycles. The number of hydrogen-bond donors (Lipinski definition) is 2. The molecule has 90 valence electrons. The summed E-state index contributed by atoms with van der Waals surface area (Å²) >= 11 is 1.72. The molecular formula is C10H17N3O2S. The molecule has 2 aliphatic heterocycles. The zero-order valence-corrected chi connectivity index (χ0v) is 10.4. The van der Waals surface area contributed by atoms with Crippen molar-refractivity contribution in [1.29, 1.82) is 0 Å². The first-order valence-corrected chi connectivity index (χ1v) is 6.60. The van der Waals surface area contributed by atoms with Crippen molar-refractivity contribution in [3.63, 3.8) is 0 Å². The van der Waals surface area contributed by atoms with Gasteiger partial charge in [0, 0.05) is 24.7 Å². The summed E-state index contributed by atoms with van der Waals surface area (Å²) in [6.45, 7) is 4.73. The Morgan fingerprint density at radius 3 is 2.94 bits per heavy atom. The van der Waals surface area contributed by atoms with Crippen LogP contribution in [0.1, 0.15) is 13.8 Å². The number of rotatable bonds is 1. The first-order chi connectivity index (χ1) is 7.53. The van der Waals surface area contributed by atoms with Crippen molar-refractivity contribution >= 4 is 23.6 Å². The van der Waals surface area contributed by atoms with E-state index >= 15 is 0 Å². The zero-order valence-electron chi connectivity index (χ0n) is 9.58. The Balaban J connectivity index is 2.12. The molecule has 16 heavy (non-hydrogen) atoms. The number of carbonyl (C=O) groups is 2. The third-order valence-electron chi connectivity index (χ3n) is 3.13. The van der Waals surface area contributed by atoms with E-state index in [-0.39, 0.29) is 17.9 Å². The highest BCUT2D eigenvalue weighted by molar-refractivity contribution is 7.99. The molecule has 5 nitrogen and oxygen atoms in total. The Morgan fingerprint density at radius 2 is 2.31 bits per heavy atom. The van der Waals surface area contributed by atoms with Gasteiger partial charge in [-0.1, -0.05) is 0 Å². The summed E-state index contributed by atoms with van der Waals surface area (Å²) in [5.41, 5.74) is -0.732. The summed E-state index contributed by atoms with van der Waals surface area (Å²) < 4.78 is 0. The summed E-state index contributed by atoms with van der Waals surface area (Å²) in [5, 5.41) is 5.94. The van der Waals surface area contributed by atoms with Gasteiger partial charge in [-0.2, -0.15) is 0 Å². The maximum Gasteiger partial charge on any atom is 0.245 e. The largest absolute Gasteiger partial charge is 0.352 e. The first-order valence-electron chi connectivity index (χ1n) is 5.44. The monoisotopic (exact) mass is 243 g/mol. The van der Waals surface area contributed by atoms with Gasteiger partial charge in [-0.15, -0.1) is 11.8 Å². The molecule has 0 aromatic rings. The maximum atomic E-state index is 12.2. The van der Waals surface area contributed by atoms with E-state index in [0.29, 0.717) is 13.1 Å². The summed E-state index contributed by atoms with van der Waals surface area (Å²) in [5.74, 6) is 1.59. The van der Waals surface area contributed by atoms with Crippen LogP contribution in [-0.2, 0) is 9.59 Å². The number of nitrogens with zero attached hydrogens (tertiary/aromatic N) is 1. The highest BCUT2D eigenvalue weighted by Crippen LogP contribution is 2.21. The van der Waals surface area contributed by atoms with Gasteiger partial charge in [-0.25, -0.2) is 0 Å². The minimum absolute atomic E-state index is 0.0462. The minimum atomic E-state index is -0.732. The first kappa shape index (κ1) is 11.7. The SMILES string of the molecule is CC1(C)C(=O)NCCN1C(=O)C1CSCN1. The lowest BCUT2D eigenvalue weighted by Crippen LogP contribution is -2.65. The van der Waals surface area contributed by atoms with E-state index in [2.05, 4.69) is 10.6 Å². The molecule has 6 heteroatoms. The average Bonchev–Trinajstić information content (AvgIpc) is 2.74. The van der Waals surface area contributed by atoms with E-state index < -0.39 is 5.54 Å². The van der Waals surface area contributed by atoms with Crippen LogP contribution >= 0.6 is 11.8 Å². The van der Waals surface area contributed by atoms with Crippen LogP contribution in [0.2, 0.25) is 0 Å². The van der Waals surface area contributed by atoms with Crippen LogP contribution in [-0.4, -0.2) is 53.0 Å². The molecule has 2 rings (SSSR count). The Bertz CT molecular complexity index is 313. The van der Waals surface area contributed by atoms with E-state index in [4.69, 9.17) is 0 Å². The van der Waals surface area contributed by atoms with Gasteiger partial charge in [-0.05, 0) is 13.8 Å². The summed E-state index contributed by atoms with van der Waals surface area (Å²) in [6.07, 6.45) is 0. The second-order valence-corrected chi connectivity index (χ2v) is 5.61. The van der Waals surface area contributed by atoms with Crippen LogP contribution in [0.25, 0.3) is 0 Å². The molecule has 2 aliphatic rings. The van der Waals surface area contributed by atoms with Crippen molar-refractivity contribution in [2.45, 2.75) is 25.4 Å². The molecule has 0 aliphatic carbocycles. The lowest BCUT2D eigenvalue weighted by Gasteiger charge is -2.42. The van der Waals surface area contributed by atoms with Gasteiger partial charge in [-0.3, -0.25) is 14.9 Å². The molecule has 2 saturated heterocycles. The standard InChI is InChI=1S/C10H17N3O2S/c1-10(2)9(15)11-3-4-13(10)8(14)7-5-16-6-12-7/h7,12H,3-6H2,1-2H3,(H,11,15). The lowest BCUT2D eigenvalue weighted by atomic mass is 9.98. The molecule has 1 unspecified atom stereocenters. The molecule has 0 aromatic heterocycles. The van der Waals surface area contributed by atoms with Gasteiger partial charge in [0.1, 0.15) is 5.54 Å². The van der Waals surface area contributed by atoms with Crippen LogP contribution in [0.15, 0.2) is 0 Å². The van der Waals surface area contributed by atoms with Gasteiger partial charge in [0.05, 0.1) is 6.04 Å². The predicted octanol–water partition coefficient (Wildman–Crippen LogP) is -0.614. The normalized spacial score (nSPS) is 29.0. The molecule has 0 radical (unpaired) electrons. The molecule has 2 N–H and O–H groups in total.